The molecule has 0 aromatic heterocycles. The lowest BCUT2D eigenvalue weighted by Gasteiger charge is -2.26. The summed E-state index contributed by atoms with van der Waals surface area (Å²) in [4.78, 5) is 14.2. The second kappa shape index (κ2) is 7.13. The van der Waals surface area contributed by atoms with Crippen LogP contribution in [0.1, 0.15) is 51.4 Å². The summed E-state index contributed by atoms with van der Waals surface area (Å²) in [7, 11) is 1.74. The van der Waals surface area contributed by atoms with Crippen LogP contribution in [0.5, 0.6) is 0 Å². The summed E-state index contributed by atoms with van der Waals surface area (Å²) in [5, 5.41) is 3.14. The highest BCUT2D eigenvalue weighted by Crippen LogP contribution is 2.48. The maximum atomic E-state index is 12.2. The van der Waals surface area contributed by atoms with E-state index >= 15 is 0 Å². The Balaban J connectivity index is 1.70. The molecule has 0 unspecified atom stereocenters. The second-order valence-electron chi connectivity index (χ2n) is 6.16. The molecule has 2 aliphatic rings. The molecule has 2 rings (SSSR count). The number of methoxy groups -OCH3 is 1. The monoisotopic (exact) mass is 268 g/mol. The first-order valence-electron chi connectivity index (χ1n) is 7.77. The number of carbonyl (C=O) groups excluding carboxylic acids is 1. The van der Waals surface area contributed by atoms with Gasteiger partial charge in [0.1, 0.15) is 0 Å². The topological polar surface area (TPSA) is 41.6 Å². The molecular weight excluding hydrogens is 240 g/mol. The Kier molecular flexibility index (Phi) is 5.49. The molecule has 0 spiro atoms. The predicted molar refractivity (Wildman–Crippen MR) is 76.2 cm³/mol. The highest BCUT2D eigenvalue weighted by atomic mass is 16.5. The van der Waals surface area contributed by atoms with Crippen LogP contribution in [0.15, 0.2) is 0 Å². The van der Waals surface area contributed by atoms with Gasteiger partial charge in [-0.15, -0.1) is 0 Å². The third-order valence-corrected chi connectivity index (χ3v) is 4.55. The zero-order valence-electron chi connectivity index (χ0n) is 12.2. The molecule has 1 heterocycles. The zero-order chi connectivity index (χ0) is 13.6. The lowest BCUT2D eigenvalue weighted by molar-refractivity contribution is 0.166. The molecule has 2 fully saturated rings. The molecule has 1 aliphatic heterocycles. The van der Waals surface area contributed by atoms with Crippen LogP contribution in [0.4, 0.5) is 4.79 Å². The Morgan fingerprint density at radius 1 is 1.16 bits per heavy atom. The summed E-state index contributed by atoms with van der Waals surface area (Å²) in [6.07, 6.45) is 9.71. The molecule has 0 bridgehead atoms. The zero-order valence-corrected chi connectivity index (χ0v) is 12.2. The van der Waals surface area contributed by atoms with Gasteiger partial charge in [0.15, 0.2) is 0 Å². The van der Waals surface area contributed by atoms with Crippen molar-refractivity contribution >= 4 is 6.03 Å². The van der Waals surface area contributed by atoms with Crippen LogP contribution in [0.3, 0.4) is 0 Å². The van der Waals surface area contributed by atoms with Crippen molar-refractivity contribution in [3.8, 4) is 0 Å². The van der Waals surface area contributed by atoms with Crippen molar-refractivity contribution in [2.24, 2.45) is 5.41 Å². The van der Waals surface area contributed by atoms with E-state index in [1.165, 1.54) is 32.1 Å². The van der Waals surface area contributed by atoms with E-state index in [4.69, 9.17) is 4.74 Å². The summed E-state index contributed by atoms with van der Waals surface area (Å²) >= 11 is 0. The molecule has 1 aliphatic carbocycles. The van der Waals surface area contributed by atoms with Gasteiger partial charge in [-0.25, -0.2) is 4.79 Å². The molecule has 1 saturated heterocycles. The van der Waals surface area contributed by atoms with Crippen LogP contribution in [-0.4, -0.2) is 44.3 Å². The SMILES string of the molecule is COCCC1(CNC(=O)N2CCCCCCC2)CC1. The van der Waals surface area contributed by atoms with Crippen LogP contribution >= 0.6 is 0 Å². The summed E-state index contributed by atoms with van der Waals surface area (Å²) in [5.41, 5.74) is 0.342. The number of amides is 2. The van der Waals surface area contributed by atoms with Crippen molar-refractivity contribution in [2.75, 3.05) is 33.4 Å². The molecule has 110 valence electrons. The van der Waals surface area contributed by atoms with Crippen LogP contribution in [0.25, 0.3) is 0 Å². The van der Waals surface area contributed by atoms with Gasteiger partial charge in [-0.3, -0.25) is 0 Å². The van der Waals surface area contributed by atoms with Gasteiger partial charge in [0.25, 0.3) is 0 Å². The highest BCUT2D eigenvalue weighted by molar-refractivity contribution is 5.74. The highest BCUT2D eigenvalue weighted by Gasteiger charge is 2.42. The third-order valence-electron chi connectivity index (χ3n) is 4.55. The number of nitrogens with one attached hydrogen (secondary N) is 1. The van der Waals surface area contributed by atoms with Gasteiger partial charge in [0.05, 0.1) is 0 Å². The number of nitrogens with zero attached hydrogens (tertiary/aromatic N) is 1. The molecule has 19 heavy (non-hydrogen) atoms. The van der Waals surface area contributed by atoms with Crippen LogP contribution in [0.2, 0.25) is 0 Å². The van der Waals surface area contributed by atoms with Crippen molar-refractivity contribution in [1.82, 2.24) is 10.2 Å². The maximum Gasteiger partial charge on any atom is 0.317 e. The smallest absolute Gasteiger partial charge is 0.317 e. The Hall–Kier alpha value is -0.770. The van der Waals surface area contributed by atoms with Crippen LogP contribution < -0.4 is 5.32 Å². The molecule has 0 aromatic rings. The van der Waals surface area contributed by atoms with E-state index in [1.807, 2.05) is 4.90 Å². The van der Waals surface area contributed by atoms with Crippen molar-refractivity contribution in [3.05, 3.63) is 0 Å². The minimum absolute atomic E-state index is 0.144. The standard InChI is InChI=1S/C15H28N2O2/c1-19-12-9-15(7-8-15)13-16-14(18)17-10-5-3-2-4-6-11-17/h2-13H2,1H3,(H,16,18). The van der Waals surface area contributed by atoms with Crippen LogP contribution in [-0.2, 0) is 4.74 Å². The Morgan fingerprint density at radius 3 is 2.37 bits per heavy atom. The van der Waals surface area contributed by atoms with Gasteiger partial charge in [0, 0.05) is 33.4 Å². The van der Waals surface area contributed by atoms with E-state index in [2.05, 4.69) is 5.32 Å². The van der Waals surface area contributed by atoms with Gasteiger partial charge in [-0.05, 0) is 37.5 Å². The largest absolute Gasteiger partial charge is 0.385 e. The fraction of sp³-hybridized carbons (Fsp3) is 0.933. The van der Waals surface area contributed by atoms with Gasteiger partial charge >= 0.3 is 6.03 Å². The predicted octanol–water partition coefficient (Wildman–Crippen LogP) is 2.78. The van der Waals surface area contributed by atoms with Crippen LogP contribution in [0, 0.1) is 5.41 Å². The number of hydrogen-bond donors (Lipinski definition) is 1. The van der Waals surface area contributed by atoms with Gasteiger partial charge in [-0.1, -0.05) is 19.3 Å². The summed E-state index contributed by atoms with van der Waals surface area (Å²) < 4.78 is 5.15. The molecule has 1 N–H and O–H groups in total. The van der Waals surface area contributed by atoms with E-state index in [0.717, 1.165) is 45.5 Å². The Labute approximate surface area is 116 Å². The number of carbonyl (C=O) groups is 1. The number of hydrogen-bond acceptors (Lipinski definition) is 2. The molecule has 1 saturated carbocycles. The lowest BCUT2D eigenvalue weighted by atomic mass is 10.0. The first-order chi connectivity index (χ1) is 9.26. The minimum Gasteiger partial charge on any atom is -0.385 e. The van der Waals surface area contributed by atoms with Crippen molar-refractivity contribution in [2.45, 2.75) is 51.4 Å². The number of likely N-dealkylation sites (tertiary alicyclic amines) is 1. The first kappa shape index (κ1) is 14.6. The fourth-order valence-electron chi connectivity index (χ4n) is 2.84. The quantitative estimate of drug-likeness (QED) is 0.833. The lowest BCUT2D eigenvalue weighted by Crippen LogP contribution is -2.43. The number of urea groups is 1. The fourth-order valence-corrected chi connectivity index (χ4v) is 2.84. The van der Waals surface area contributed by atoms with Gasteiger partial charge < -0.3 is 15.0 Å². The Morgan fingerprint density at radius 2 is 1.79 bits per heavy atom. The normalized spacial score (nSPS) is 22.5. The van der Waals surface area contributed by atoms with E-state index in [-0.39, 0.29) is 6.03 Å². The first-order valence-corrected chi connectivity index (χ1v) is 7.77. The molecule has 4 heteroatoms. The average Bonchev–Trinajstić information content (AvgIpc) is 3.14. The summed E-state index contributed by atoms with van der Waals surface area (Å²) in [5.74, 6) is 0. The van der Waals surface area contributed by atoms with E-state index in [0.29, 0.717) is 5.41 Å². The van der Waals surface area contributed by atoms with E-state index in [1.54, 1.807) is 7.11 Å². The molecule has 2 amide bonds. The molecule has 0 radical (unpaired) electrons. The second-order valence-corrected chi connectivity index (χ2v) is 6.16. The molecular formula is C15H28N2O2. The van der Waals surface area contributed by atoms with Crippen molar-refractivity contribution in [1.29, 1.82) is 0 Å². The van der Waals surface area contributed by atoms with Crippen molar-refractivity contribution in [3.63, 3.8) is 0 Å². The Bertz CT molecular complexity index is 282. The molecule has 4 nitrogen and oxygen atoms in total. The van der Waals surface area contributed by atoms with Gasteiger partial charge in [0.2, 0.25) is 0 Å². The third kappa shape index (κ3) is 4.68. The number of ether oxygens (including phenoxy) is 1. The van der Waals surface area contributed by atoms with Gasteiger partial charge in [-0.2, -0.15) is 0 Å². The maximum absolute atomic E-state index is 12.2. The van der Waals surface area contributed by atoms with E-state index < -0.39 is 0 Å². The summed E-state index contributed by atoms with van der Waals surface area (Å²) in [6, 6.07) is 0.144. The van der Waals surface area contributed by atoms with E-state index in [9.17, 15) is 4.79 Å². The summed E-state index contributed by atoms with van der Waals surface area (Å²) in [6.45, 7) is 3.49. The number of rotatable bonds is 5. The minimum atomic E-state index is 0.144. The molecule has 0 aromatic carbocycles. The average molecular weight is 268 g/mol. The van der Waals surface area contributed by atoms with Crippen molar-refractivity contribution < 1.29 is 9.53 Å². The molecule has 0 atom stereocenters.